The van der Waals surface area contributed by atoms with Gasteiger partial charge in [0.25, 0.3) is 0 Å². The van der Waals surface area contributed by atoms with Crippen molar-refractivity contribution in [2.75, 3.05) is 52.9 Å². The van der Waals surface area contributed by atoms with E-state index in [9.17, 15) is 0 Å². The summed E-state index contributed by atoms with van der Waals surface area (Å²) in [6.45, 7) is 9.62. The topological polar surface area (TPSA) is 41.7 Å². The summed E-state index contributed by atoms with van der Waals surface area (Å²) >= 11 is 0. The maximum atomic E-state index is 5.59. The van der Waals surface area contributed by atoms with Crippen LogP contribution in [0, 0.1) is 0 Å². The first-order chi connectivity index (χ1) is 6.80. The van der Waals surface area contributed by atoms with Gasteiger partial charge in [0.15, 0.2) is 0 Å². The highest BCUT2D eigenvalue weighted by Crippen LogP contribution is 2.02. The third-order valence-electron chi connectivity index (χ3n) is 2.97. The summed E-state index contributed by atoms with van der Waals surface area (Å²) in [7, 11) is 1.74. The van der Waals surface area contributed by atoms with Crippen LogP contribution in [0.4, 0.5) is 0 Å². The van der Waals surface area contributed by atoms with Crippen LogP contribution in [0.5, 0.6) is 0 Å². The van der Waals surface area contributed by atoms with Crippen LogP contribution in [-0.4, -0.2) is 68.8 Å². The summed E-state index contributed by atoms with van der Waals surface area (Å²) in [5.41, 5.74) is 5.59. The molecule has 2 N–H and O–H groups in total. The first kappa shape index (κ1) is 11.9. The Morgan fingerprint density at radius 2 is 1.79 bits per heavy atom. The minimum atomic E-state index is 0.197. The lowest BCUT2D eigenvalue weighted by molar-refractivity contribution is 0.0484. The quantitative estimate of drug-likeness (QED) is 0.657. The molecule has 0 aromatic rings. The molecule has 0 aromatic carbocycles. The molecule has 84 valence electrons. The number of hydrogen-bond donors (Lipinski definition) is 1. The molecule has 1 atom stereocenters. The van der Waals surface area contributed by atoms with Gasteiger partial charge in [0.1, 0.15) is 0 Å². The molecule has 1 unspecified atom stereocenters. The fourth-order valence-electron chi connectivity index (χ4n) is 1.82. The Morgan fingerprint density at radius 3 is 2.21 bits per heavy atom. The number of piperazine rings is 1. The molecule has 1 rings (SSSR count). The zero-order chi connectivity index (χ0) is 10.4. The molecule has 0 aliphatic carbocycles. The number of nitrogens with two attached hydrogens (primary N) is 1. The highest BCUT2D eigenvalue weighted by molar-refractivity contribution is 4.74. The van der Waals surface area contributed by atoms with Crippen LogP contribution in [0.3, 0.4) is 0 Å². The van der Waals surface area contributed by atoms with E-state index in [0.717, 1.165) is 19.6 Å². The van der Waals surface area contributed by atoms with Gasteiger partial charge >= 0.3 is 0 Å². The second-order valence-electron chi connectivity index (χ2n) is 3.83. The predicted octanol–water partition coefficient (Wildman–Crippen LogP) is -0.402. The Labute approximate surface area is 87.0 Å². The molecule has 0 radical (unpaired) electrons. The fraction of sp³-hybridized carbons (Fsp3) is 1.00. The summed E-state index contributed by atoms with van der Waals surface area (Å²) in [4.78, 5) is 4.91. The Hall–Kier alpha value is -0.160. The van der Waals surface area contributed by atoms with Gasteiger partial charge in [-0.2, -0.15) is 0 Å². The van der Waals surface area contributed by atoms with E-state index in [-0.39, 0.29) is 6.10 Å². The van der Waals surface area contributed by atoms with Gasteiger partial charge in [-0.25, -0.2) is 0 Å². The lowest BCUT2D eigenvalue weighted by Gasteiger charge is -2.35. The van der Waals surface area contributed by atoms with Gasteiger partial charge in [-0.3, -0.25) is 4.90 Å². The number of rotatable bonds is 5. The van der Waals surface area contributed by atoms with E-state index in [2.05, 4.69) is 16.7 Å². The maximum absolute atomic E-state index is 5.59. The van der Waals surface area contributed by atoms with Gasteiger partial charge < -0.3 is 15.4 Å². The van der Waals surface area contributed by atoms with Crippen molar-refractivity contribution in [2.24, 2.45) is 5.73 Å². The Morgan fingerprint density at radius 1 is 1.21 bits per heavy atom. The van der Waals surface area contributed by atoms with Crippen LogP contribution in [0.2, 0.25) is 0 Å². The van der Waals surface area contributed by atoms with E-state index in [4.69, 9.17) is 10.5 Å². The van der Waals surface area contributed by atoms with Crippen molar-refractivity contribution in [3.8, 4) is 0 Å². The first-order valence-electron chi connectivity index (χ1n) is 5.47. The molecule has 1 fully saturated rings. The molecule has 1 aliphatic heterocycles. The molecule has 14 heavy (non-hydrogen) atoms. The van der Waals surface area contributed by atoms with Crippen molar-refractivity contribution in [1.29, 1.82) is 0 Å². The number of hydrogen-bond acceptors (Lipinski definition) is 4. The van der Waals surface area contributed by atoms with Crippen LogP contribution in [-0.2, 0) is 4.74 Å². The van der Waals surface area contributed by atoms with Crippen molar-refractivity contribution >= 4 is 0 Å². The minimum Gasteiger partial charge on any atom is -0.379 e. The van der Waals surface area contributed by atoms with Crippen LogP contribution in [0.15, 0.2) is 0 Å². The van der Waals surface area contributed by atoms with Crippen molar-refractivity contribution in [2.45, 2.75) is 13.0 Å². The van der Waals surface area contributed by atoms with Crippen molar-refractivity contribution in [3.63, 3.8) is 0 Å². The molecule has 4 heteroatoms. The molecule has 1 aliphatic rings. The average Bonchev–Trinajstić information content (AvgIpc) is 2.26. The molecule has 0 aromatic heterocycles. The molecule has 0 spiro atoms. The Balaban J connectivity index is 2.21. The molecular formula is C10H23N3O. The normalized spacial score (nSPS) is 22.5. The monoisotopic (exact) mass is 201 g/mol. The SMILES string of the molecule is CCN1CCN(CC(CN)OC)CC1. The molecule has 1 heterocycles. The lowest BCUT2D eigenvalue weighted by atomic mass is 10.2. The lowest BCUT2D eigenvalue weighted by Crippen LogP contribution is -2.49. The van der Waals surface area contributed by atoms with E-state index >= 15 is 0 Å². The maximum Gasteiger partial charge on any atom is 0.0820 e. The van der Waals surface area contributed by atoms with Crippen molar-refractivity contribution in [1.82, 2.24) is 9.80 Å². The number of methoxy groups -OCH3 is 1. The van der Waals surface area contributed by atoms with Gasteiger partial charge in [-0.1, -0.05) is 6.92 Å². The van der Waals surface area contributed by atoms with Crippen molar-refractivity contribution in [3.05, 3.63) is 0 Å². The van der Waals surface area contributed by atoms with Gasteiger partial charge in [0.2, 0.25) is 0 Å². The zero-order valence-electron chi connectivity index (χ0n) is 9.41. The van der Waals surface area contributed by atoms with Crippen molar-refractivity contribution < 1.29 is 4.74 Å². The molecule has 1 saturated heterocycles. The van der Waals surface area contributed by atoms with Gasteiger partial charge in [0.05, 0.1) is 6.10 Å². The van der Waals surface area contributed by atoms with Gasteiger partial charge in [-0.15, -0.1) is 0 Å². The highest BCUT2D eigenvalue weighted by Gasteiger charge is 2.18. The first-order valence-corrected chi connectivity index (χ1v) is 5.47. The smallest absolute Gasteiger partial charge is 0.0820 e. The third-order valence-corrected chi connectivity index (χ3v) is 2.97. The van der Waals surface area contributed by atoms with Crippen LogP contribution in [0.25, 0.3) is 0 Å². The average molecular weight is 201 g/mol. The van der Waals surface area contributed by atoms with E-state index in [1.807, 2.05) is 0 Å². The zero-order valence-corrected chi connectivity index (χ0v) is 9.41. The fourth-order valence-corrected chi connectivity index (χ4v) is 1.82. The van der Waals surface area contributed by atoms with Crippen LogP contribution >= 0.6 is 0 Å². The highest BCUT2D eigenvalue weighted by atomic mass is 16.5. The summed E-state index contributed by atoms with van der Waals surface area (Å²) in [5.74, 6) is 0. The Kier molecular flexibility index (Phi) is 5.40. The number of ether oxygens (including phenoxy) is 1. The summed E-state index contributed by atoms with van der Waals surface area (Å²) in [5, 5.41) is 0. The predicted molar refractivity (Wildman–Crippen MR) is 58.4 cm³/mol. The molecular weight excluding hydrogens is 178 g/mol. The second kappa shape index (κ2) is 6.35. The van der Waals surface area contributed by atoms with Gasteiger partial charge in [-0.05, 0) is 6.54 Å². The van der Waals surface area contributed by atoms with E-state index in [1.165, 1.54) is 19.6 Å². The third kappa shape index (κ3) is 3.53. The van der Waals surface area contributed by atoms with Crippen LogP contribution in [0.1, 0.15) is 6.92 Å². The molecule has 4 nitrogen and oxygen atoms in total. The van der Waals surface area contributed by atoms with Crippen LogP contribution < -0.4 is 5.73 Å². The second-order valence-corrected chi connectivity index (χ2v) is 3.83. The van der Waals surface area contributed by atoms with E-state index in [0.29, 0.717) is 6.54 Å². The number of nitrogens with zero attached hydrogens (tertiary/aromatic N) is 2. The molecule has 0 amide bonds. The largest absolute Gasteiger partial charge is 0.379 e. The number of likely N-dealkylation sites (N-methyl/N-ethyl adjacent to an activating group) is 1. The Bertz CT molecular complexity index is 142. The standard InChI is InChI=1S/C10H23N3O/c1-3-12-4-6-13(7-5-12)9-10(8-11)14-2/h10H,3-9,11H2,1-2H3. The summed E-state index contributed by atoms with van der Waals surface area (Å²) < 4.78 is 5.28. The van der Waals surface area contributed by atoms with E-state index in [1.54, 1.807) is 7.11 Å². The molecule has 0 bridgehead atoms. The summed E-state index contributed by atoms with van der Waals surface area (Å²) in [6.07, 6.45) is 0.197. The molecule has 0 saturated carbocycles. The van der Waals surface area contributed by atoms with Gasteiger partial charge in [0, 0.05) is 46.4 Å². The summed E-state index contributed by atoms with van der Waals surface area (Å²) in [6, 6.07) is 0. The minimum absolute atomic E-state index is 0.197. The van der Waals surface area contributed by atoms with E-state index < -0.39 is 0 Å².